The maximum Gasteiger partial charge on any atom is 0.0966 e. The van der Waals surface area contributed by atoms with E-state index >= 15 is 0 Å². The highest BCUT2D eigenvalue weighted by molar-refractivity contribution is 6.13. The van der Waals surface area contributed by atoms with Gasteiger partial charge in [-0.1, -0.05) is 6.07 Å². The molecule has 5 nitrogen and oxygen atoms in total. The number of pyridine rings is 2. The van der Waals surface area contributed by atoms with Gasteiger partial charge in [-0.05, 0) is 24.3 Å². The molecule has 0 radical (unpaired) electrons. The van der Waals surface area contributed by atoms with E-state index in [2.05, 4.69) is 33.3 Å². The van der Waals surface area contributed by atoms with Crippen LogP contribution in [-0.2, 0) is 7.05 Å². The normalized spacial score (nSPS) is 12.0. The van der Waals surface area contributed by atoms with Crippen LogP contribution >= 0.6 is 0 Å². The van der Waals surface area contributed by atoms with Gasteiger partial charge in [0.15, 0.2) is 0 Å². The van der Waals surface area contributed by atoms with Gasteiger partial charge >= 0.3 is 0 Å². The van der Waals surface area contributed by atoms with Gasteiger partial charge in [0.1, 0.15) is 0 Å². The van der Waals surface area contributed by atoms with Gasteiger partial charge in [-0.3, -0.25) is 4.98 Å². The molecule has 0 amide bonds. The molecule has 0 fully saturated rings. The molecular weight excluding hydrogens is 262 g/mol. The van der Waals surface area contributed by atoms with Gasteiger partial charge in [-0.25, -0.2) is 9.50 Å². The molecule has 0 saturated carbocycles. The molecule has 0 bridgehead atoms. The number of imidazole rings is 1. The van der Waals surface area contributed by atoms with E-state index in [9.17, 15) is 0 Å². The van der Waals surface area contributed by atoms with Crippen molar-refractivity contribution >= 4 is 38.4 Å². The Morgan fingerprint density at radius 2 is 1.86 bits per heavy atom. The van der Waals surface area contributed by atoms with E-state index < -0.39 is 0 Å². The number of aromatic nitrogens is 5. The van der Waals surface area contributed by atoms with Crippen molar-refractivity contribution in [1.29, 1.82) is 0 Å². The fraction of sp³-hybridized carbons (Fsp3) is 0.0625. The van der Waals surface area contributed by atoms with Crippen LogP contribution in [0.25, 0.3) is 38.4 Å². The van der Waals surface area contributed by atoms with Crippen molar-refractivity contribution < 1.29 is 0 Å². The van der Waals surface area contributed by atoms with Crippen molar-refractivity contribution in [3.8, 4) is 0 Å². The lowest BCUT2D eigenvalue weighted by atomic mass is 10.1. The summed E-state index contributed by atoms with van der Waals surface area (Å²) >= 11 is 0. The average molecular weight is 273 g/mol. The van der Waals surface area contributed by atoms with Gasteiger partial charge in [0, 0.05) is 24.0 Å². The molecule has 1 aromatic carbocycles. The van der Waals surface area contributed by atoms with E-state index in [1.807, 2.05) is 47.0 Å². The lowest BCUT2D eigenvalue weighted by molar-refractivity contribution is 0.948. The highest BCUT2D eigenvalue weighted by Crippen LogP contribution is 2.30. The maximum atomic E-state index is 4.54. The molecular formula is C16H11N5. The fourth-order valence-electron chi connectivity index (χ4n) is 3.06. The summed E-state index contributed by atoms with van der Waals surface area (Å²) in [4.78, 5) is 8.98. The molecule has 5 rings (SSSR count). The number of rotatable bonds is 0. The molecule has 5 heteroatoms. The molecule has 0 unspecified atom stereocenters. The Hall–Kier alpha value is -2.95. The largest absolute Gasteiger partial charge is 0.334 e. The minimum absolute atomic E-state index is 0.976. The Kier molecular flexibility index (Phi) is 1.84. The van der Waals surface area contributed by atoms with Gasteiger partial charge < -0.3 is 4.57 Å². The lowest BCUT2D eigenvalue weighted by Gasteiger charge is -2.07. The Labute approximate surface area is 119 Å². The van der Waals surface area contributed by atoms with E-state index in [0.717, 1.165) is 38.4 Å². The van der Waals surface area contributed by atoms with E-state index in [1.54, 1.807) is 0 Å². The summed E-state index contributed by atoms with van der Waals surface area (Å²) < 4.78 is 3.98. The first-order valence-corrected chi connectivity index (χ1v) is 6.78. The smallest absolute Gasteiger partial charge is 0.0966 e. The summed E-state index contributed by atoms with van der Waals surface area (Å²) in [6, 6.07) is 10.3. The predicted octanol–water partition coefficient (Wildman–Crippen LogP) is 2.92. The first kappa shape index (κ1) is 10.8. The van der Waals surface area contributed by atoms with Gasteiger partial charge in [-0.2, -0.15) is 5.10 Å². The second-order valence-corrected chi connectivity index (χ2v) is 5.24. The molecule has 100 valence electrons. The zero-order valence-electron chi connectivity index (χ0n) is 11.4. The first-order chi connectivity index (χ1) is 10.3. The Balaban J connectivity index is 2.19. The summed E-state index contributed by atoms with van der Waals surface area (Å²) in [5.41, 5.74) is 5.14. The summed E-state index contributed by atoms with van der Waals surface area (Å²) in [7, 11) is 2.01. The third-order valence-electron chi connectivity index (χ3n) is 4.05. The van der Waals surface area contributed by atoms with Gasteiger partial charge in [0.2, 0.25) is 0 Å². The molecule has 21 heavy (non-hydrogen) atoms. The van der Waals surface area contributed by atoms with Crippen LogP contribution in [0.1, 0.15) is 0 Å². The van der Waals surface area contributed by atoms with Crippen molar-refractivity contribution in [2.24, 2.45) is 7.05 Å². The van der Waals surface area contributed by atoms with Crippen molar-refractivity contribution in [1.82, 2.24) is 24.1 Å². The van der Waals surface area contributed by atoms with Crippen LogP contribution in [0.4, 0.5) is 0 Å². The van der Waals surface area contributed by atoms with Crippen molar-refractivity contribution in [2.45, 2.75) is 0 Å². The van der Waals surface area contributed by atoms with Crippen molar-refractivity contribution in [2.75, 3.05) is 0 Å². The predicted molar refractivity (Wildman–Crippen MR) is 82.3 cm³/mol. The fourth-order valence-corrected chi connectivity index (χ4v) is 3.06. The van der Waals surface area contributed by atoms with Crippen LogP contribution < -0.4 is 0 Å². The third-order valence-corrected chi connectivity index (χ3v) is 4.05. The first-order valence-electron chi connectivity index (χ1n) is 6.78. The van der Waals surface area contributed by atoms with Crippen LogP contribution in [0.15, 0.2) is 49.1 Å². The summed E-state index contributed by atoms with van der Waals surface area (Å²) in [6.45, 7) is 0. The van der Waals surface area contributed by atoms with Crippen LogP contribution in [0, 0.1) is 0 Å². The van der Waals surface area contributed by atoms with E-state index in [-0.39, 0.29) is 0 Å². The minimum atomic E-state index is 0.976. The van der Waals surface area contributed by atoms with Crippen molar-refractivity contribution in [3.05, 3.63) is 49.1 Å². The Morgan fingerprint density at radius 1 is 0.905 bits per heavy atom. The number of hydrogen-bond donors (Lipinski definition) is 0. The average Bonchev–Trinajstić information content (AvgIpc) is 3.14. The molecule has 4 heterocycles. The zero-order valence-corrected chi connectivity index (χ0v) is 11.4. The standard InChI is InChI=1S/C16H11N5/c1-20-9-18-12-8-14-11(7-15(12)20)10-3-2-5-17-16(10)13-4-6-19-21(13)14/h2-9H,1H3. The van der Waals surface area contributed by atoms with Crippen LogP contribution in [0.5, 0.6) is 0 Å². The summed E-state index contributed by atoms with van der Waals surface area (Å²) in [5.74, 6) is 0. The van der Waals surface area contributed by atoms with Crippen LogP contribution in [0.3, 0.4) is 0 Å². The lowest BCUT2D eigenvalue weighted by Crippen LogP contribution is -1.94. The summed E-state index contributed by atoms with van der Waals surface area (Å²) in [5, 5.41) is 6.74. The van der Waals surface area contributed by atoms with Gasteiger partial charge in [0.05, 0.1) is 40.1 Å². The number of nitrogens with zero attached hydrogens (tertiary/aromatic N) is 5. The molecule has 0 aliphatic carbocycles. The monoisotopic (exact) mass is 273 g/mol. The molecule has 5 aromatic rings. The topological polar surface area (TPSA) is 48.0 Å². The summed E-state index contributed by atoms with van der Waals surface area (Å²) in [6.07, 6.45) is 5.47. The highest BCUT2D eigenvalue weighted by atomic mass is 15.2. The molecule has 0 spiro atoms. The quantitative estimate of drug-likeness (QED) is 0.408. The second-order valence-electron chi connectivity index (χ2n) is 5.24. The number of benzene rings is 1. The Bertz CT molecular complexity index is 1150. The number of hydrogen-bond acceptors (Lipinski definition) is 3. The van der Waals surface area contributed by atoms with Gasteiger partial charge in [0.25, 0.3) is 0 Å². The third kappa shape index (κ3) is 1.27. The SMILES string of the molecule is Cn1cnc2cc3c(cc21)c1cccnc1c1ccnn31. The Morgan fingerprint density at radius 3 is 2.81 bits per heavy atom. The van der Waals surface area contributed by atoms with Crippen LogP contribution in [-0.4, -0.2) is 24.1 Å². The second kappa shape index (κ2) is 3.58. The number of fused-ring (bicyclic) bond motifs is 7. The van der Waals surface area contributed by atoms with E-state index in [1.165, 1.54) is 0 Å². The van der Waals surface area contributed by atoms with Crippen LogP contribution in [0.2, 0.25) is 0 Å². The highest BCUT2D eigenvalue weighted by Gasteiger charge is 2.12. The molecule has 0 atom stereocenters. The minimum Gasteiger partial charge on any atom is -0.334 e. The maximum absolute atomic E-state index is 4.54. The van der Waals surface area contributed by atoms with Crippen molar-refractivity contribution in [3.63, 3.8) is 0 Å². The molecule has 0 N–H and O–H groups in total. The van der Waals surface area contributed by atoms with E-state index in [0.29, 0.717) is 0 Å². The molecule has 0 saturated heterocycles. The molecule has 4 aromatic heterocycles. The van der Waals surface area contributed by atoms with E-state index in [4.69, 9.17) is 0 Å². The zero-order chi connectivity index (χ0) is 14.0. The molecule has 0 aliphatic heterocycles. The number of aryl methyl sites for hydroxylation is 1. The molecule has 0 aliphatic rings. The van der Waals surface area contributed by atoms with Gasteiger partial charge in [-0.15, -0.1) is 0 Å².